The summed E-state index contributed by atoms with van der Waals surface area (Å²) in [6.07, 6.45) is 0. The summed E-state index contributed by atoms with van der Waals surface area (Å²) < 4.78 is 7.80. The van der Waals surface area contributed by atoms with Crippen molar-refractivity contribution in [2.75, 3.05) is 0 Å². The van der Waals surface area contributed by atoms with E-state index in [1.165, 1.54) is 10.6 Å². The van der Waals surface area contributed by atoms with Gasteiger partial charge < -0.3 is 9.84 Å². The SMILES string of the molecule is CC(C)c1noc(-c2cc(=O)n(CC(=O)NCc3cccc(Br)c3)c3ccccc23)n1. The Morgan fingerprint density at radius 2 is 1.97 bits per heavy atom. The fourth-order valence-corrected chi connectivity index (χ4v) is 3.75. The number of nitrogens with zero attached hydrogens (tertiary/aromatic N) is 3. The topological polar surface area (TPSA) is 90.0 Å². The van der Waals surface area contributed by atoms with Crippen molar-refractivity contribution in [1.29, 1.82) is 0 Å². The molecule has 7 nitrogen and oxygen atoms in total. The van der Waals surface area contributed by atoms with Crippen LogP contribution in [0, 0.1) is 0 Å². The first-order valence-electron chi connectivity index (χ1n) is 9.90. The normalized spacial score (nSPS) is 11.2. The van der Waals surface area contributed by atoms with Crippen LogP contribution in [0.1, 0.15) is 31.2 Å². The molecule has 2 heterocycles. The third-order valence-corrected chi connectivity index (χ3v) is 5.38. The molecule has 0 aliphatic rings. The Labute approximate surface area is 187 Å². The van der Waals surface area contributed by atoms with Gasteiger partial charge in [0.2, 0.25) is 5.91 Å². The number of para-hydroxylation sites is 1. The second-order valence-electron chi connectivity index (χ2n) is 7.52. The quantitative estimate of drug-likeness (QED) is 0.445. The van der Waals surface area contributed by atoms with Crippen molar-refractivity contribution in [3.8, 4) is 11.5 Å². The number of pyridine rings is 1. The van der Waals surface area contributed by atoms with Crippen molar-refractivity contribution in [2.24, 2.45) is 0 Å². The van der Waals surface area contributed by atoms with Crippen LogP contribution in [0.5, 0.6) is 0 Å². The van der Waals surface area contributed by atoms with Crippen molar-refractivity contribution < 1.29 is 9.32 Å². The molecule has 0 bridgehead atoms. The molecule has 4 rings (SSSR count). The summed E-state index contributed by atoms with van der Waals surface area (Å²) in [5, 5.41) is 7.63. The summed E-state index contributed by atoms with van der Waals surface area (Å²) in [5.41, 5.74) is 1.85. The van der Waals surface area contributed by atoms with E-state index in [0.717, 1.165) is 15.4 Å². The molecule has 31 heavy (non-hydrogen) atoms. The van der Waals surface area contributed by atoms with Gasteiger partial charge in [-0.2, -0.15) is 4.98 Å². The smallest absolute Gasteiger partial charge is 0.258 e. The lowest BCUT2D eigenvalue weighted by atomic mass is 10.1. The molecular weight excluding hydrogens is 460 g/mol. The highest BCUT2D eigenvalue weighted by Gasteiger charge is 2.18. The van der Waals surface area contributed by atoms with Crippen LogP contribution in [0.2, 0.25) is 0 Å². The average Bonchev–Trinajstić information content (AvgIpc) is 3.25. The largest absolute Gasteiger partial charge is 0.350 e. The second-order valence-corrected chi connectivity index (χ2v) is 8.43. The van der Waals surface area contributed by atoms with Gasteiger partial charge in [0.25, 0.3) is 11.4 Å². The summed E-state index contributed by atoms with van der Waals surface area (Å²) in [7, 11) is 0. The van der Waals surface area contributed by atoms with E-state index in [-0.39, 0.29) is 23.9 Å². The number of carbonyl (C=O) groups excluding carboxylic acids is 1. The van der Waals surface area contributed by atoms with E-state index in [2.05, 4.69) is 31.4 Å². The predicted octanol–water partition coefficient (Wildman–Crippen LogP) is 4.25. The Hall–Kier alpha value is -3.26. The monoisotopic (exact) mass is 480 g/mol. The zero-order chi connectivity index (χ0) is 22.0. The number of hydrogen-bond acceptors (Lipinski definition) is 5. The fourth-order valence-electron chi connectivity index (χ4n) is 3.30. The molecule has 4 aromatic rings. The molecule has 2 aromatic heterocycles. The van der Waals surface area contributed by atoms with Crippen molar-refractivity contribution in [3.05, 3.63) is 80.8 Å². The van der Waals surface area contributed by atoms with Crippen molar-refractivity contribution in [3.63, 3.8) is 0 Å². The third-order valence-electron chi connectivity index (χ3n) is 4.89. The average molecular weight is 481 g/mol. The molecule has 0 atom stereocenters. The molecule has 0 saturated heterocycles. The first-order chi connectivity index (χ1) is 14.9. The van der Waals surface area contributed by atoms with Crippen LogP contribution >= 0.6 is 15.9 Å². The number of carbonyl (C=O) groups is 1. The van der Waals surface area contributed by atoms with Crippen LogP contribution in [0.25, 0.3) is 22.4 Å². The Bertz CT molecular complexity index is 1310. The highest BCUT2D eigenvalue weighted by Crippen LogP contribution is 2.27. The van der Waals surface area contributed by atoms with Gasteiger partial charge in [-0.05, 0) is 23.8 Å². The molecule has 0 unspecified atom stereocenters. The minimum Gasteiger partial charge on any atom is -0.350 e. The van der Waals surface area contributed by atoms with Crippen molar-refractivity contribution in [1.82, 2.24) is 20.0 Å². The van der Waals surface area contributed by atoms with E-state index in [9.17, 15) is 9.59 Å². The van der Waals surface area contributed by atoms with Gasteiger partial charge in [-0.15, -0.1) is 0 Å². The Kier molecular flexibility index (Phi) is 5.99. The minimum absolute atomic E-state index is 0.0886. The standard InChI is InChI=1S/C23H21BrN4O3/c1-14(2)22-26-23(31-27-22)18-11-21(30)28(19-9-4-3-8-17(18)19)13-20(29)25-12-15-6-5-7-16(24)10-15/h3-11,14H,12-13H2,1-2H3,(H,25,29). The number of hydrogen-bond donors (Lipinski definition) is 1. The highest BCUT2D eigenvalue weighted by atomic mass is 79.9. The van der Waals surface area contributed by atoms with Crippen LogP contribution in [-0.4, -0.2) is 20.6 Å². The Morgan fingerprint density at radius 3 is 2.71 bits per heavy atom. The van der Waals surface area contributed by atoms with Crippen molar-refractivity contribution >= 4 is 32.7 Å². The van der Waals surface area contributed by atoms with E-state index in [4.69, 9.17) is 4.52 Å². The molecule has 1 N–H and O–H groups in total. The minimum atomic E-state index is -0.310. The van der Waals surface area contributed by atoms with Gasteiger partial charge in [-0.25, -0.2) is 0 Å². The van der Waals surface area contributed by atoms with Crippen LogP contribution < -0.4 is 10.9 Å². The van der Waals surface area contributed by atoms with Gasteiger partial charge in [-0.1, -0.05) is 65.3 Å². The van der Waals surface area contributed by atoms with Crippen molar-refractivity contribution in [2.45, 2.75) is 32.9 Å². The zero-order valence-electron chi connectivity index (χ0n) is 17.1. The van der Waals surface area contributed by atoms with E-state index in [0.29, 0.717) is 29.3 Å². The summed E-state index contributed by atoms with van der Waals surface area (Å²) in [5.74, 6) is 0.733. The van der Waals surface area contributed by atoms with Gasteiger partial charge in [0.1, 0.15) is 6.54 Å². The zero-order valence-corrected chi connectivity index (χ0v) is 18.7. The number of fused-ring (bicyclic) bond motifs is 1. The molecule has 1 amide bonds. The molecule has 0 saturated carbocycles. The number of amides is 1. The number of nitrogens with one attached hydrogen (secondary N) is 1. The maximum Gasteiger partial charge on any atom is 0.258 e. The molecular formula is C23H21BrN4O3. The summed E-state index contributed by atoms with van der Waals surface area (Å²) >= 11 is 3.42. The Balaban J connectivity index is 1.63. The predicted molar refractivity (Wildman–Crippen MR) is 122 cm³/mol. The van der Waals surface area contributed by atoms with E-state index >= 15 is 0 Å². The molecule has 158 valence electrons. The number of aromatic nitrogens is 3. The number of benzene rings is 2. The van der Waals surface area contributed by atoms with E-state index in [1.807, 2.05) is 62.4 Å². The Morgan fingerprint density at radius 1 is 1.16 bits per heavy atom. The van der Waals surface area contributed by atoms with Gasteiger partial charge in [0.05, 0.1) is 11.1 Å². The summed E-state index contributed by atoms with van der Waals surface area (Å²) in [6.45, 7) is 4.23. The summed E-state index contributed by atoms with van der Waals surface area (Å²) in [4.78, 5) is 29.9. The summed E-state index contributed by atoms with van der Waals surface area (Å²) in [6, 6.07) is 16.5. The first-order valence-corrected chi connectivity index (χ1v) is 10.7. The maximum atomic E-state index is 12.9. The highest BCUT2D eigenvalue weighted by molar-refractivity contribution is 9.10. The first kappa shape index (κ1) is 21.0. The van der Waals surface area contributed by atoms with Crippen LogP contribution in [-0.2, 0) is 17.9 Å². The number of halogens is 1. The molecule has 0 spiro atoms. The van der Waals surface area contributed by atoms with Gasteiger partial charge in [0, 0.05) is 28.4 Å². The van der Waals surface area contributed by atoms with Gasteiger partial charge in [0.15, 0.2) is 5.82 Å². The maximum absolute atomic E-state index is 12.9. The van der Waals surface area contributed by atoms with Gasteiger partial charge >= 0.3 is 0 Å². The molecule has 0 aliphatic heterocycles. The lowest BCUT2D eigenvalue weighted by Crippen LogP contribution is -2.32. The molecule has 8 heteroatoms. The van der Waals surface area contributed by atoms with E-state index < -0.39 is 0 Å². The fraction of sp³-hybridized carbons (Fsp3) is 0.217. The third kappa shape index (κ3) is 4.59. The lowest BCUT2D eigenvalue weighted by molar-refractivity contribution is -0.121. The van der Waals surface area contributed by atoms with Crippen LogP contribution in [0.15, 0.2) is 68.4 Å². The van der Waals surface area contributed by atoms with E-state index in [1.54, 1.807) is 0 Å². The molecule has 2 aromatic carbocycles. The molecule has 0 aliphatic carbocycles. The van der Waals surface area contributed by atoms with Crippen LogP contribution in [0.3, 0.4) is 0 Å². The second kappa shape index (κ2) is 8.85. The van der Waals surface area contributed by atoms with Gasteiger partial charge in [-0.3, -0.25) is 14.2 Å². The molecule has 0 fully saturated rings. The molecule has 0 radical (unpaired) electrons. The number of rotatable bonds is 6. The lowest BCUT2D eigenvalue weighted by Gasteiger charge is -2.12. The van der Waals surface area contributed by atoms with Crippen LogP contribution in [0.4, 0.5) is 0 Å².